The highest BCUT2D eigenvalue weighted by atomic mass is 16.5. The van der Waals surface area contributed by atoms with E-state index in [1.54, 1.807) is 24.4 Å². The number of nitrogens with one attached hydrogen (secondary N) is 3. The van der Waals surface area contributed by atoms with Gasteiger partial charge in [-0.1, -0.05) is 0 Å². The first-order chi connectivity index (χ1) is 16.0. The first-order valence-corrected chi connectivity index (χ1v) is 11.5. The van der Waals surface area contributed by atoms with Crippen LogP contribution in [0, 0.1) is 6.92 Å². The van der Waals surface area contributed by atoms with Crippen LogP contribution in [-0.2, 0) is 11.3 Å². The predicted molar refractivity (Wildman–Crippen MR) is 131 cm³/mol. The molecule has 1 aliphatic rings. The second kappa shape index (κ2) is 10.6. The second-order valence-electron chi connectivity index (χ2n) is 8.38. The summed E-state index contributed by atoms with van der Waals surface area (Å²) in [7, 11) is 0. The Labute approximate surface area is 193 Å². The van der Waals surface area contributed by atoms with Gasteiger partial charge in [-0.05, 0) is 81.2 Å². The smallest absolute Gasteiger partial charge is 0.272 e. The maximum Gasteiger partial charge on any atom is 0.272 e. The molecule has 3 N–H and O–H groups in total. The van der Waals surface area contributed by atoms with E-state index in [4.69, 9.17) is 4.74 Å². The molecule has 0 spiro atoms. The van der Waals surface area contributed by atoms with E-state index in [1.165, 1.54) is 25.9 Å². The third-order valence-corrected chi connectivity index (χ3v) is 6.06. The van der Waals surface area contributed by atoms with Gasteiger partial charge in [0.1, 0.15) is 0 Å². The maximum absolute atomic E-state index is 13.0. The van der Waals surface area contributed by atoms with E-state index in [0.29, 0.717) is 29.5 Å². The van der Waals surface area contributed by atoms with Crippen LogP contribution in [0.25, 0.3) is 10.8 Å². The largest absolute Gasteiger partial charge is 0.383 e. The summed E-state index contributed by atoms with van der Waals surface area (Å²) in [4.78, 5) is 27.4. The third-order valence-electron chi connectivity index (χ3n) is 6.06. The van der Waals surface area contributed by atoms with E-state index in [-0.39, 0.29) is 11.5 Å². The summed E-state index contributed by atoms with van der Waals surface area (Å²) in [5, 5.41) is 13.9. The van der Waals surface area contributed by atoms with Crippen molar-refractivity contribution >= 4 is 28.1 Å². The van der Waals surface area contributed by atoms with E-state index in [2.05, 4.69) is 31.8 Å². The molecule has 0 aliphatic carbocycles. The summed E-state index contributed by atoms with van der Waals surface area (Å²) in [5.41, 5.74) is 3.90. The average molecular weight is 450 g/mol. The first-order valence-electron chi connectivity index (χ1n) is 11.5. The lowest BCUT2D eigenvalue weighted by Crippen LogP contribution is -2.26. The average Bonchev–Trinajstić information content (AvgIpc) is 3.33. The number of hydrogen-bond donors (Lipinski definition) is 3. The Morgan fingerprint density at radius 1 is 1.18 bits per heavy atom. The number of fused-ring (bicyclic) bond motifs is 1. The highest BCUT2D eigenvalue weighted by molar-refractivity contribution is 6.07. The zero-order chi connectivity index (χ0) is 23.2. The van der Waals surface area contributed by atoms with Crippen LogP contribution in [0.15, 0.2) is 41.3 Å². The Morgan fingerprint density at radius 3 is 2.76 bits per heavy atom. The summed E-state index contributed by atoms with van der Waals surface area (Å²) < 4.78 is 5.62. The molecule has 8 nitrogen and oxygen atoms in total. The molecule has 2 aromatic carbocycles. The van der Waals surface area contributed by atoms with Crippen molar-refractivity contribution in [1.82, 2.24) is 15.1 Å². The van der Waals surface area contributed by atoms with Crippen LogP contribution in [0.1, 0.15) is 41.3 Å². The van der Waals surface area contributed by atoms with Gasteiger partial charge >= 0.3 is 0 Å². The lowest BCUT2D eigenvalue weighted by molar-refractivity contribution is 0.102. The van der Waals surface area contributed by atoms with E-state index in [9.17, 15) is 9.59 Å². The fourth-order valence-corrected chi connectivity index (χ4v) is 4.18. The molecule has 0 saturated carbocycles. The normalized spacial score (nSPS) is 14.0. The molecule has 4 rings (SSSR count). The van der Waals surface area contributed by atoms with E-state index < -0.39 is 0 Å². The van der Waals surface area contributed by atoms with Crippen LogP contribution in [0.3, 0.4) is 0 Å². The first kappa shape index (κ1) is 22.9. The number of likely N-dealkylation sites (tertiary alicyclic amines) is 1. The molecule has 1 amide bonds. The van der Waals surface area contributed by atoms with Gasteiger partial charge in [-0.3, -0.25) is 9.59 Å². The van der Waals surface area contributed by atoms with Crippen molar-refractivity contribution in [2.45, 2.75) is 33.3 Å². The minimum atomic E-state index is -0.274. The number of H-pyrrole nitrogens is 1. The van der Waals surface area contributed by atoms with Gasteiger partial charge in [0.05, 0.1) is 18.2 Å². The van der Waals surface area contributed by atoms with Crippen molar-refractivity contribution in [3.8, 4) is 0 Å². The minimum Gasteiger partial charge on any atom is -0.383 e. The SMILES string of the molecule is CCOCc1cc(NCCN2CCCC2)c(C)c(NC(=O)c2ccc3c(=O)[nH]ncc3c2)c1. The molecule has 0 unspecified atom stereocenters. The Hall–Kier alpha value is -3.23. The summed E-state index contributed by atoms with van der Waals surface area (Å²) in [6.07, 6.45) is 4.10. The molecular formula is C25H31N5O3. The maximum atomic E-state index is 13.0. The molecule has 174 valence electrons. The Bertz CT molecular complexity index is 1180. The summed E-state index contributed by atoms with van der Waals surface area (Å²) in [6, 6.07) is 9.04. The molecular weight excluding hydrogens is 418 g/mol. The zero-order valence-corrected chi connectivity index (χ0v) is 19.2. The standard InChI is InChI=1S/C25H31N5O3/c1-3-33-16-18-12-22(26-8-11-30-9-4-5-10-30)17(2)23(13-18)28-24(31)19-6-7-21-20(14-19)15-27-29-25(21)32/h6-7,12-15,26H,3-5,8-11,16H2,1-2H3,(H,28,31)(H,29,32). The van der Waals surface area contributed by atoms with E-state index in [1.807, 2.05) is 19.9 Å². The van der Waals surface area contributed by atoms with Crippen molar-refractivity contribution in [2.24, 2.45) is 0 Å². The number of anilines is 2. The molecule has 2 heterocycles. The number of carbonyl (C=O) groups excluding carboxylic acids is 1. The lowest BCUT2D eigenvalue weighted by Gasteiger charge is -2.19. The number of hydrogen-bond acceptors (Lipinski definition) is 6. The zero-order valence-electron chi connectivity index (χ0n) is 19.2. The number of rotatable bonds is 9. The van der Waals surface area contributed by atoms with Crippen LogP contribution in [0.5, 0.6) is 0 Å². The molecule has 1 aromatic heterocycles. The third kappa shape index (κ3) is 5.58. The molecule has 1 fully saturated rings. The van der Waals surface area contributed by atoms with E-state index >= 15 is 0 Å². The number of ether oxygens (including phenoxy) is 1. The summed E-state index contributed by atoms with van der Waals surface area (Å²) in [5.74, 6) is -0.239. The highest BCUT2D eigenvalue weighted by Crippen LogP contribution is 2.27. The van der Waals surface area contributed by atoms with Gasteiger partial charge in [-0.2, -0.15) is 5.10 Å². The topological polar surface area (TPSA) is 99.4 Å². The van der Waals surface area contributed by atoms with Crippen molar-refractivity contribution in [3.05, 3.63) is 63.6 Å². The van der Waals surface area contributed by atoms with Crippen molar-refractivity contribution in [2.75, 3.05) is 43.4 Å². The fourth-order valence-electron chi connectivity index (χ4n) is 4.18. The molecule has 0 bridgehead atoms. The Kier molecular flexibility index (Phi) is 7.36. The van der Waals surface area contributed by atoms with Crippen LogP contribution in [0.4, 0.5) is 11.4 Å². The molecule has 0 atom stereocenters. The monoisotopic (exact) mass is 449 g/mol. The van der Waals surface area contributed by atoms with Gasteiger partial charge in [-0.15, -0.1) is 0 Å². The predicted octanol–water partition coefficient (Wildman–Crippen LogP) is 3.53. The van der Waals surface area contributed by atoms with Crippen LogP contribution in [0.2, 0.25) is 0 Å². The Balaban J connectivity index is 1.54. The number of aromatic amines is 1. The molecule has 1 saturated heterocycles. The van der Waals surface area contributed by atoms with Gasteiger partial charge in [-0.25, -0.2) is 5.10 Å². The van der Waals surface area contributed by atoms with Crippen LogP contribution >= 0.6 is 0 Å². The second-order valence-corrected chi connectivity index (χ2v) is 8.38. The van der Waals surface area contributed by atoms with Gasteiger partial charge < -0.3 is 20.3 Å². The highest BCUT2D eigenvalue weighted by Gasteiger charge is 2.14. The molecule has 33 heavy (non-hydrogen) atoms. The quantitative estimate of drug-likeness (QED) is 0.462. The van der Waals surface area contributed by atoms with Gasteiger partial charge in [0, 0.05) is 42.0 Å². The summed E-state index contributed by atoms with van der Waals surface area (Å²) in [6.45, 7) is 9.24. The number of carbonyl (C=O) groups is 1. The minimum absolute atomic E-state index is 0.239. The van der Waals surface area contributed by atoms with Crippen LogP contribution in [-0.4, -0.2) is 53.8 Å². The van der Waals surface area contributed by atoms with E-state index in [0.717, 1.165) is 35.6 Å². The fraction of sp³-hybridized carbons (Fsp3) is 0.400. The van der Waals surface area contributed by atoms with Crippen molar-refractivity contribution in [3.63, 3.8) is 0 Å². The van der Waals surface area contributed by atoms with Gasteiger partial charge in [0.15, 0.2) is 0 Å². The number of aromatic nitrogens is 2. The van der Waals surface area contributed by atoms with Crippen molar-refractivity contribution < 1.29 is 9.53 Å². The molecule has 8 heteroatoms. The number of benzene rings is 2. The lowest BCUT2D eigenvalue weighted by atomic mass is 10.1. The molecule has 3 aromatic rings. The van der Waals surface area contributed by atoms with Crippen molar-refractivity contribution in [1.29, 1.82) is 0 Å². The molecule has 1 aliphatic heterocycles. The van der Waals surface area contributed by atoms with Gasteiger partial charge in [0.25, 0.3) is 11.5 Å². The van der Waals surface area contributed by atoms with Gasteiger partial charge in [0.2, 0.25) is 0 Å². The Morgan fingerprint density at radius 2 is 1.97 bits per heavy atom. The number of amides is 1. The number of nitrogens with zero attached hydrogens (tertiary/aromatic N) is 2. The van der Waals surface area contributed by atoms with Crippen LogP contribution < -0.4 is 16.2 Å². The molecule has 0 radical (unpaired) electrons. The summed E-state index contributed by atoms with van der Waals surface area (Å²) >= 11 is 0.